The van der Waals surface area contributed by atoms with E-state index < -0.39 is 0 Å². The molecule has 0 atom stereocenters. The van der Waals surface area contributed by atoms with Gasteiger partial charge >= 0.3 is 0 Å². The van der Waals surface area contributed by atoms with E-state index in [-0.39, 0.29) is 0 Å². The minimum atomic E-state index is 0.314. The molecule has 0 aliphatic carbocycles. The predicted molar refractivity (Wildman–Crippen MR) is 111 cm³/mol. The largest absolute Gasteiger partial charge is 0.357 e. The molecule has 1 fully saturated rings. The Hall–Kier alpha value is -1.69. The van der Waals surface area contributed by atoms with Crippen LogP contribution in [-0.2, 0) is 4.79 Å². The first-order valence-electron chi connectivity index (χ1n) is 9.77. The van der Waals surface area contributed by atoms with E-state index in [1.165, 1.54) is 11.3 Å². The van der Waals surface area contributed by atoms with E-state index in [9.17, 15) is 4.79 Å². The second kappa shape index (κ2) is 12.6. The summed E-state index contributed by atoms with van der Waals surface area (Å²) >= 11 is 1.84. The summed E-state index contributed by atoms with van der Waals surface area (Å²) in [6.07, 6.45) is 4.99. The number of hydrogen-bond donors (Lipinski definition) is 2. The van der Waals surface area contributed by atoms with Gasteiger partial charge in [-0.25, -0.2) is 0 Å². The van der Waals surface area contributed by atoms with Gasteiger partial charge in [0, 0.05) is 49.8 Å². The number of amides is 1. The lowest BCUT2D eigenvalue weighted by atomic mass is 10.2. The summed E-state index contributed by atoms with van der Waals surface area (Å²) < 4.78 is 0. The molecule has 0 radical (unpaired) electrons. The van der Waals surface area contributed by atoms with Crippen LogP contribution in [0.3, 0.4) is 0 Å². The number of hydrogen-bond acceptors (Lipinski definition) is 3. The molecule has 0 spiro atoms. The SMILES string of the molecule is CCNC(=NCCCN1CCCCCC1=O)NCCSc1ccccc1. The van der Waals surface area contributed by atoms with Gasteiger partial charge in [-0.05, 0) is 38.3 Å². The van der Waals surface area contributed by atoms with E-state index in [2.05, 4.69) is 46.8 Å². The zero-order valence-corrected chi connectivity index (χ0v) is 16.7. The van der Waals surface area contributed by atoms with Crippen molar-refractivity contribution in [2.75, 3.05) is 38.5 Å². The highest BCUT2D eigenvalue weighted by atomic mass is 32.2. The first-order chi connectivity index (χ1) is 12.8. The van der Waals surface area contributed by atoms with Crippen LogP contribution >= 0.6 is 11.8 Å². The summed E-state index contributed by atoms with van der Waals surface area (Å²) in [5.74, 6) is 2.18. The molecule has 1 aromatic rings. The monoisotopic (exact) mass is 376 g/mol. The van der Waals surface area contributed by atoms with Gasteiger partial charge in [-0.15, -0.1) is 11.8 Å². The molecule has 2 rings (SSSR count). The number of likely N-dealkylation sites (tertiary alicyclic amines) is 1. The maximum absolute atomic E-state index is 12.0. The highest BCUT2D eigenvalue weighted by molar-refractivity contribution is 7.99. The van der Waals surface area contributed by atoms with E-state index in [0.29, 0.717) is 12.3 Å². The first kappa shape index (κ1) is 20.6. The third-order valence-electron chi connectivity index (χ3n) is 4.28. The van der Waals surface area contributed by atoms with Gasteiger partial charge in [0.2, 0.25) is 5.91 Å². The van der Waals surface area contributed by atoms with Crippen LogP contribution in [0.2, 0.25) is 0 Å². The third-order valence-corrected chi connectivity index (χ3v) is 5.29. The zero-order chi connectivity index (χ0) is 18.5. The van der Waals surface area contributed by atoms with Gasteiger partial charge in [-0.1, -0.05) is 24.6 Å². The lowest BCUT2D eigenvalue weighted by Gasteiger charge is -2.20. The average Bonchev–Trinajstić information content (AvgIpc) is 2.87. The van der Waals surface area contributed by atoms with E-state index in [0.717, 1.165) is 63.7 Å². The van der Waals surface area contributed by atoms with Gasteiger partial charge in [0.05, 0.1) is 0 Å². The Morgan fingerprint density at radius 3 is 2.85 bits per heavy atom. The third kappa shape index (κ3) is 8.13. The Morgan fingerprint density at radius 1 is 1.19 bits per heavy atom. The molecule has 0 unspecified atom stereocenters. The number of benzene rings is 1. The van der Waals surface area contributed by atoms with Crippen LogP contribution in [0.25, 0.3) is 0 Å². The molecule has 2 N–H and O–H groups in total. The number of carbonyl (C=O) groups excluding carboxylic acids is 1. The van der Waals surface area contributed by atoms with E-state index in [1.54, 1.807) is 0 Å². The smallest absolute Gasteiger partial charge is 0.222 e. The minimum Gasteiger partial charge on any atom is -0.357 e. The van der Waals surface area contributed by atoms with Gasteiger partial charge in [0.1, 0.15) is 0 Å². The van der Waals surface area contributed by atoms with E-state index in [1.807, 2.05) is 22.7 Å². The van der Waals surface area contributed by atoms with Gasteiger partial charge in [0.25, 0.3) is 0 Å². The van der Waals surface area contributed by atoms with Crippen molar-refractivity contribution in [2.24, 2.45) is 4.99 Å². The molecule has 0 aromatic heterocycles. The molecule has 1 aliphatic heterocycles. The summed E-state index contributed by atoms with van der Waals surface area (Å²) in [6, 6.07) is 10.4. The summed E-state index contributed by atoms with van der Waals surface area (Å²) in [4.78, 5) is 19.9. The molecule has 6 heteroatoms. The number of nitrogens with one attached hydrogen (secondary N) is 2. The molecule has 0 saturated carbocycles. The van der Waals surface area contributed by atoms with Crippen molar-refractivity contribution in [3.8, 4) is 0 Å². The topological polar surface area (TPSA) is 56.7 Å². The Labute approximate surface area is 162 Å². The zero-order valence-electron chi connectivity index (χ0n) is 15.9. The van der Waals surface area contributed by atoms with Crippen molar-refractivity contribution in [2.45, 2.75) is 43.9 Å². The molecular weight excluding hydrogens is 344 g/mol. The van der Waals surface area contributed by atoms with Crippen LogP contribution in [0.15, 0.2) is 40.2 Å². The van der Waals surface area contributed by atoms with Gasteiger partial charge in [-0.2, -0.15) is 0 Å². The number of guanidine groups is 1. The normalized spacial score (nSPS) is 15.7. The molecule has 5 nitrogen and oxygen atoms in total. The maximum Gasteiger partial charge on any atom is 0.222 e. The molecule has 1 saturated heterocycles. The van der Waals surface area contributed by atoms with Crippen molar-refractivity contribution >= 4 is 23.6 Å². The molecule has 1 amide bonds. The Kier molecular flexibility index (Phi) is 10.0. The molecular formula is C20H32N4OS. The Morgan fingerprint density at radius 2 is 2.04 bits per heavy atom. The van der Waals surface area contributed by atoms with Crippen LogP contribution in [0.4, 0.5) is 0 Å². The van der Waals surface area contributed by atoms with Gasteiger partial charge in [0.15, 0.2) is 5.96 Å². The number of thioether (sulfide) groups is 1. The van der Waals surface area contributed by atoms with E-state index in [4.69, 9.17) is 0 Å². The first-order valence-corrected chi connectivity index (χ1v) is 10.8. The van der Waals surface area contributed by atoms with Gasteiger partial charge < -0.3 is 15.5 Å². The fourth-order valence-corrected chi connectivity index (χ4v) is 3.71. The second-order valence-electron chi connectivity index (χ2n) is 6.39. The van der Waals surface area contributed by atoms with Crippen molar-refractivity contribution in [1.82, 2.24) is 15.5 Å². The summed E-state index contributed by atoms with van der Waals surface area (Å²) in [5.41, 5.74) is 0. The minimum absolute atomic E-state index is 0.314. The average molecular weight is 377 g/mol. The van der Waals surface area contributed by atoms with Crippen LogP contribution in [0.1, 0.15) is 39.0 Å². The number of nitrogens with zero attached hydrogens (tertiary/aromatic N) is 2. The van der Waals surface area contributed by atoms with Crippen molar-refractivity contribution in [3.63, 3.8) is 0 Å². The Bertz CT molecular complexity index is 550. The number of aliphatic imine (C=N–C) groups is 1. The molecule has 0 bridgehead atoms. The molecule has 1 aliphatic rings. The predicted octanol–water partition coefficient (Wildman–Crippen LogP) is 3.13. The van der Waals surface area contributed by atoms with Crippen LogP contribution in [-0.4, -0.2) is 55.2 Å². The molecule has 26 heavy (non-hydrogen) atoms. The van der Waals surface area contributed by atoms with E-state index >= 15 is 0 Å². The number of rotatable bonds is 9. The summed E-state index contributed by atoms with van der Waals surface area (Å²) in [6.45, 7) is 6.28. The van der Waals surface area contributed by atoms with Crippen molar-refractivity contribution in [3.05, 3.63) is 30.3 Å². The van der Waals surface area contributed by atoms with Crippen LogP contribution in [0, 0.1) is 0 Å². The molecule has 144 valence electrons. The lowest BCUT2D eigenvalue weighted by Crippen LogP contribution is -2.38. The summed E-state index contributed by atoms with van der Waals surface area (Å²) in [5, 5.41) is 6.67. The lowest BCUT2D eigenvalue weighted by molar-refractivity contribution is -0.130. The van der Waals surface area contributed by atoms with Crippen molar-refractivity contribution < 1.29 is 4.79 Å². The molecule has 1 heterocycles. The fourth-order valence-electron chi connectivity index (χ4n) is 2.92. The fraction of sp³-hybridized carbons (Fsp3) is 0.600. The number of carbonyl (C=O) groups is 1. The highest BCUT2D eigenvalue weighted by Crippen LogP contribution is 2.15. The standard InChI is InChI=1S/C20H32N4OS/c1-2-21-20(23-14-17-26-18-10-5-3-6-11-18)22-13-9-16-24-15-8-4-7-12-19(24)25/h3,5-6,10-11H,2,4,7-9,12-17H2,1H3,(H2,21,22,23). The highest BCUT2D eigenvalue weighted by Gasteiger charge is 2.15. The van der Waals surface area contributed by atoms with Crippen LogP contribution < -0.4 is 10.6 Å². The quantitative estimate of drug-likeness (QED) is 0.301. The molecule has 1 aromatic carbocycles. The van der Waals surface area contributed by atoms with Crippen LogP contribution in [0.5, 0.6) is 0 Å². The Balaban J connectivity index is 1.66. The van der Waals surface area contributed by atoms with Gasteiger partial charge in [-0.3, -0.25) is 9.79 Å². The second-order valence-corrected chi connectivity index (χ2v) is 7.56. The van der Waals surface area contributed by atoms with Crippen molar-refractivity contribution in [1.29, 1.82) is 0 Å². The summed E-state index contributed by atoms with van der Waals surface area (Å²) in [7, 11) is 0. The maximum atomic E-state index is 12.0.